The topological polar surface area (TPSA) is 4.93 Å². The molecule has 1 saturated carbocycles. The van der Waals surface area contributed by atoms with E-state index in [4.69, 9.17) is 0 Å². The van der Waals surface area contributed by atoms with E-state index in [1.807, 2.05) is 0 Å². The third kappa shape index (κ3) is 3.46. The number of benzene rings is 2. The molecule has 0 saturated heterocycles. The Morgan fingerprint density at radius 2 is 1.64 bits per heavy atom. The van der Waals surface area contributed by atoms with Gasteiger partial charge in [0.1, 0.15) is 0 Å². The molecule has 1 aliphatic rings. The van der Waals surface area contributed by atoms with Crippen molar-refractivity contribution < 1.29 is 0 Å². The lowest BCUT2D eigenvalue weighted by atomic mass is 9.84. The van der Waals surface area contributed by atoms with E-state index in [2.05, 4.69) is 88.1 Å². The smallest absolute Gasteiger partial charge is 0.0531 e. The number of hydrogen-bond acceptors (Lipinski definition) is 0. The van der Waals surface area contributed by atoms with Crippen molar-refractivity contribution in [2.24, 2.45) is 0 Å². The van der Waals surface area contributed by atoms with Crippen LogP contribution in [0.25, 0.3) is 16.9 Å². The summed E-state index contributed by atoms with van der Waals surface area (Å²) in [7, 11) is 0. The molecule has 4 rings (SSSR count). The molecule has 0 amide bonds. The molecule has 3 aromatic rings. The van der Waals surface area contributed by atoms with Crippen molar-refractivity contribution in [2.45, 2.75) is 44.9 Å². The highest BCUT2D eigenvalue weighted by Crippen LogP contribution is 2.34. The maximum absolute atomic E-state index is 3.59. The molecular weight excluding hydrogens is 370 g/mol. The molecule has 25 heavy (non-hydrogen) atoms. The summed E-state index contributed by atoms with van der Waals surface area (Å²) < 4.78 is 3.44. The van der Waals surface area contributed by atoms with Gasteiger partial charge in [-0.3, -0.25) is 0 Å². The minimum absolute atomic E-state index is 0.765. The van der Waals surface area contributed by atoms with Gasteiger partial charge >= 0.3 is 0 Å². The van der Waals surface area contributed by atoms with Crippen molar-refractivity contribution in [1.82, 2.24) is 4.57 Å². The third-order valence-corrected chi connectivity index (χ3v) is 5.92. The van der Waals surface area contributed by atoms with Gasteiger partial charge in [0.25, 0.3) is 0 Å². The number of aromatic nitrogens is 1. The van der Waals surface area contributed by atoms with Gasteiger partial charge < -0.3 is 4.57 Å². The van der Waals surface area contributed by atoms with E-state index in [9.17, 15) is 0 Å². The molecular formula is C23H24BrN. The van der Waals surface area contributed by atoms with Crippen LogP contribution in [-0.4, -0.2) is 4.57 Å². The Kier molecular flexibility index (Phi) is 4.80. The summed E-state index contributed by atoms with van der Waals surface area (Å²) in [4.78, 5) is 0. The van der Waals surface area contributed by atoms with E-state index in [1.165, 1.54) is 60.3 Å². The second kappa shape index (κ2) is 7.21. The normalized spacial score (nSPS) is 15.4. The molecule has 1 aliphatic carbocycles. The first-order valence-electron chi connectivity index (χ1n) is 9.27. The van der Waals surface area contributed by atoms with E-state index < -0.39 is 0 Å². The standard InChI is InChI=1S/C23H24BrN/c1-17-10-15-23(25(17)22-9-5-8-21(24)16-22)20-13-11-19(12-14-20)18-6-3-2-4-7-18/h5,8-16,18H,2-4,6-7H2,1H3. The second-order valence-corrected chi connectivity index (χ2v) is 8.05. The zero-order chi connectivity index (χ0) is 17.2. The van der Waals surface area contributed by atoms with Crippen LogP contribution in [0.1, 0.15) is 49.3 Å². The zero-order valence-electron chi connectivity index (χ0n) is 14.7. The highest BCUT2D eigenvalue weighted by molar-refractivity contribution is 9.10. The third-order valence-electron chi connectivity index (χ3n) is 5.43. The van der Waals surface area contributed by atoms with Crippen LogP contribution in [-0.2, 0) is 0 Å². The van der Waals surface area contributed by atoms with Crippen LogP contribution < -0.4 is 0 Å². The number of nitrogens with zero attached hydrogens (tertiary/aromatic N) is 1. The Morgan fingerprint density at radius 3 is 2.36 bits per heavy atom. The van der Waals surface area contributed by atoms with Crippen LogP contribution in [0.2, 0.25) is 0 Å². The fourth-order valence-corrected chi connectivity index (χ4v) is 4.47. The van der Waals surface area contributed by atoms with Crippen LogP contribution in [0.5, 0.6) is 0 Å². The molecule has 0 atom stereocenters. The van der Waals surface area contributed by atoms with Gasteiger partial charge in [-0.15, -0.1) is 0 Å². The van der Waals surface area contributed by atoms with E-state index in [0.717, 1.165) is 10.4 Å². The quantitative estimate of drug-likeness (QED) is 0.440. The summed E-state index contributed by atoms with van der Waals surface area (Å²) in [6, 6.07) is 22.2. The molecule has 0 unspecified atom stereocenters. The van der Waals surface area contributed by atoms with Gasteiger partial charge in [-0.1, -0.05) is 65.5 Å². The molecule has 2 aromatic carbocycles. The lowest BCUT2D eigenvalue weighted by molar-refractivity contribution is 0.443. The highest BCUT2D eigenvalue weighted by Gasteiger charge is 2.16. The average molecular weight is 394 g/mol. The average Bonchev–Trinajstić information content (AvgIpc) is 3.04. The van der Waals surface area contributed by atoms with E-state index >= 15 is 0 Å². The highest BCUT2D eigenvalue weighted by atomic mass is 79.9. The van der Waals surface area contributed by atoms with Gasteiger partial charge in [0, 0.05) is 15.9 Å². The molecule has 128 valence electrons. The second-order valence-electron chi connectivity index (χ2n) is 7.13. The van der Waals surface area contributed by atoms with Crippen LogP contribution in [0.4, 0.5) is 0 Å². The Bertz CT molecular complexity index is 854. The molecule has 0 radical (unpaired) electrons. The monoisotopic (exact) mass is 393 g/mol. The minimum Gasteiger partial charge on any atom is -0.314 e. The maximum atomic E-state index is 3.59. The summed E-state index contributed by atoms with van der Waals surface area (Å²) in [5.74, 6) is 0.765. The van der Waals surface area contributed by atoms with Gasteiger partial charge in [0.2, 0.25) is 0 Å². The zero-order valence-corrected chi connectivity index (χ0v) is 16.3. The summed E-state index contributed by atoms with van der Waals surface area (Å²) in [6.45, 7) is 2.17. The van der Waals surface area contributed by atoms with Crippen LogP contribution >= 0.6 is 15.9 Å². The first-order chi connectivity index (χ1) is 12.2. The Labute approximate surface area is 158 Å². The van der Waals surface area contributed by atoms with E-state index in [1.54, 1.807) is 0 Å². The number of rotatable bonds is 3. The molecule has 1 fully saturated rings. The Morgan fingerprint density at radius 1 is 0.880 bits per heavy atom. The van der Waals surface area contributed by atoms with Gasteiger partial charge in [-0.25, -0.2) is 0 Å². The summed E-state index contributed by atoms with van der Waals surface area (Å²) in [6.07, 6.45) is 6.89. The summed E-state index contributed by atoms with van der Waals surface area (Å²) in [5.41, 5.74) is 6.51. The molecule has 0 bridgehead atoms. The van der Waals surface area contributed by atoms with Crippen molar-refractivity contribution in [3.63, 3.8) is 0 Å². The van der Waals surface area contributed by atoms with Crippen molar-refractivity contribution >= 4 is 15.9 Å². The minimum atomic E-state index is 0.765. The lowest BCUT2D eigenvalue weighted by Crippen LogP contribution is -2.04. The predicted molar refractivity (Wildman–Crippen MR) is 109 cm³/mol. The molecule has 0 spiro atoms. The SMILES string of the molecule is Cc1ccc(-c2ccc(C3CCCCC3)cc2)n1-c1cccc(Br)c1. The Balaban J connectivity index is 1.68. The fraction of sp³-hybridized carbons (Fsp3) is 0.304. The number of halogens is 1. The van der Waals surface area contributed by atoms with E-state index in [0.29, 0.717) is 0 Å². The van der Waals surface area contributed by atoms with Crippen LogP contribution in [0.15, 0.2) is 65.1 Å². The number of hydrogen-bond donors (Lipinski definition) is 0. The summed E-state index contributed by atoms with van der Waals surface area (Å²) >= 11 is 3.59. The van der Waals surface area contributed by atoms with Gasteiger partial charge in [0.15, 0.2) is 0 Å². The Hall–Kier alpha value is -1.80. The van der Waals surface area contributed by atoms with Crippen molar-refractivity contribution in [3.05, 3.63) is 76.4 Å². The van der Waals surface area contributed by atoms with Crippen molar-refractivity contribution in [3.8, 4) is 16.9 Å². The predicted octanol–water partition coefficient (Wildman–Crippen LogP) is 7.26. The van der Waals surface area contributed by atoms with Crippen LogP contribution in [0, 0.1) is 6.92 Å². The lowest BCUT2D eigenvalue weighted by Gasteiger charge is -2.22. The molecule has 0 aliphatic heterocycles. The van der Waals surface area contributed by atoms with Crippen molar-refractivity contribution in [2.75, 3.05) is 0 Å². The van der Waals surface area contributed by atoms with Crippen molar-refractivity contribution in [1.29, 1.82) is 0 Å². The first-order valence-corrected chi connectivity index (χ1v) is 10.1. The van der Waals surface area contributed by atoms with Crippen LogP contribution in [0.3, 0.4) is 0 Å². The van der Waals surface area contributed by atoms with Gasteiger partial charge in [0.05, 0.1) is 5.69 Å². The molecule has 0 N–H and O–H groups in total. The number of aryl methyl sites for hydroxylation is 1. The first kappa shape index (κ1) is 16.7. The molecule has 1 nitrogen and oxygen atoms in total. The largest absolute Gasteiger partial charge is 0.314 e. The molecule has 1 aromatic heterocycles. The van der Waals surface area contributed by atoms with Gasteiger partial charge in [-0.05, 0) is 67.1 Å². The molecule has 2 heteroatoms. The van der Waals surface area contributed by atoms with E-state index in [-0.39, 0.29) is 0 Å². The van der Waals surface area contributed by atoms with Gasteiger partial charge in [-0.2, -0.15) is 0 Å². The maximum Gasteiger partial charge on any atom is 0.0531 e. The summed E-state index contributed by atoms with van der Waals surface area (Å²) in [5, 5.41) is 0. The fourth-order valence-electron chi connectivity index (χ4n) is 4.08. The molecule has 1 heterocycles.